The zero-order valence-electron chi connectivity index (χ0n) is 26.8. The van der Waals surface area contributed by atoms with E-state index in [0.717, 1.165) is 22.5 Å². The van der Waals surface area contributed by atoms with Crippen molar-refractivity contribution in [1.29, 1.82) is 0 Å². The van der Waals surface area contributed by atoms with Gasteiger partial charge in [0.1, 0.15) is 18.2 Å². The van der Waals surface area contributed by atoms with Crippen LogP contribution in [0.15, 0.2) is 105 Å². The number of anilines is 1. The third-order valence-electron chi connectivity index (χ3n) is 8.09. The Balaban J connectivity index is 1.29. The van der Waals surface area contributed by atoms with Crippen molar-refractivity contribution in [3.63, 3.8) is 0 Å². The first-order valence-electron chi connectivity index (χ1n) is 15.4. The summed E-state index contributed by atoms with van der Waals surface area (Å²) in [6.45, 7) is 7.79. The number of nitrogens with one attached hydrogen (secondary N) is 2. The molecule has 1 fully saturated rings. The number of aryl methyl sites for hydroxylation is 1. The molecule has 0 spiro atoms. The van der Waals surface area contributed by atoms with Crippen molar-refractivity contribution in [2.45, 2.75) is 51.6 Å². The van der Waals surface area contributed by atoms with Gasteiger partial charge >= 0.3 is 6.03 Å². The highest BCUT2D eigenvalue weighted by Gasteiger charge is 2.35. The van der Waals surface area contributed by atoms with Crippen LogP contribution in [0.3, 0.4) is 0 Å². The Morgan fingerprint density at radius 3 is 2.77 bits per heavy atom. The van der Waals surface area contributed by atoms with Crippen molar-refractivity contribution >= 4 is 47.1 Å². The number of amides is 4. The van der Waals surface area contributed by atoms with E-state index in [2.05, 4.69) is 32.2 Å². The zero-order chi connectivity index (χ0) is 33.5. The van der Waals surface area contributed by atoms with E-state index in [1.54, 1.807) is 24.2 Å². The van der Waals surface area contributed by atoms with Crippen molar-refractivity contribution in [2.75, 3.05) is 18.9 Å². The van der Waals surface area contributed by atoms with Gasteiger partial charge in [0.05, 0.1) is 30.9 Å². The highest BCUT2D eigenvalue weighted by atomic mass is 16.2. The summed E-state index contributed by atoms with van der Waals surface area (Å²) in [5.41, 5.74) is 12.0. The molecule has 0 bridgehead atoms. The molecule has 5 rings (SSSR count). The van der Waals surface area contributed by atoms with E-state index in [1.807, 2.05) is 62.4 Å². The summed E-state index contributed by atoms with van der Waals surface area (Å²) in [5.74, 6) is -0.270. The van der Waals surface area contributed by atoms with Gasteiger partial charge in [-0.15, -0.1) is 6.58 Å². The number of allylic oxidation sites excluding steroid dienone is 2. The first kappa shape index (κ1) is 32.7. The second-order valence-electron chi connectivity index (χ2n) is 11.5. The fourth-order valence-corrected chi connectivity index (χ4v) is 5.56. The van der Waals surface area contributed by atoms with Gasteiger partial charge in [-0.1, -0.05) is 30.4 Å². The fourth-order valence-electron chi connectivity index (χ4n) is 5.56. The van der Waals surface area contributed by atoms with Gasteiger partial charge in [0.25, 0.3) is 0 Å². The highest BCUT2D eigenvalue weighted by Crippen LogP contribution is 2.28. The number of urea groups is 1. The lowest BCUT2D eigenvalue weighted by Crippen LogP contribution is -2.52. The quantitative estimate of drug-likeness (QED) is 0.210. The van der Waals surface area contributed by atoms with Crippen LogP contribution in [-0.2, 0) is 9.59 Å². The van der Waals surface area contributed by atoms with Crippen molar-refractivity contribution in [3.8, 4) is 0 Å². The standard InChI is InChI=1S/C35H39N9O3/c1-5-6-10-28-27-9-7-8-11-29(27)42-34(46)30(41-28)17-32(45)40-25-14-12-22(2)31(16-25)44-20-24(18-36)33(43(4)35(44)47)39-21-38-26-15-13-23(3)37-19-26/h5,7-9,11-13,15-16,18-19,21,25,30H,1,6,10,14,17,20,36H2,2-4H3,(H,40,45)(H,42,46)/t25?,30-/m0/s1. The molecule has 4 amide bonds. The van der Waals surface area contributed by atoms with Gasteiger partial charge < -0.3 is 16.4 Å². The van der Waals surface area contributed by atoms with Crippen LogP contribution in [0.5, 0.6) is 0 Å². The number of para-hydroxylation sites is 1. The number of hydrogen-bond donors (Lipinski definition) is 3. The molecule has 1 unspecified atom stereocenters. The smallest absolute Gasteiger partial charge is 0.330 e. The summed E-state index contributed by atoms with van der Waals surface area (Å²) in [6.07, 6.45) is 11.8. The van der Waals surface area contributed by atoms with Crippen LogP contribution in [0, 0.1) is 6.92 Å². The maximum absolute atomic E-state index is 13.6. The molecule has 2 aliphatic heterocycles. The lowest BCUT2D eigenvalue weighted by atomic mass is 9.98. The lowest BCUT2D eigenvalue weighted by Gasteiger charge is -2.38. The number of aromatic nitrogens is 1. The summed E-state index contributed by atoms with van der Waals surface area (Å²) in [7, 11) is 1.62. The van der Waals surface area contributed by atoms with Crippen LogP contribution in [0.2, 0.25) is 0 Å². The Bertz CT molecular complexity index is 1750. The van der Waals surface area contributed by atoms with E-state index in [0.29, 0.717) is 47.7 Å². The van der Waals surface area contributed by atoms with Gasteiger partial charge in [-0.25, -0.2) is 14.8 Å². The zero-order valence-corrected chi connectivity index (χ0v) is 26.8. The van der Waals surface area contributed by atoms with Gasteiger partial charge in [0.15, 0.2) is 0 Å². The van der Waals surface area contributed by atoms with E-state index >= 15 is 0 Å². The van der Waals surface area contributed by atoms with E-state index in [1.165, 1.54) is 17.4 Å². The Labute approximate surface area is 274 Å². The fraction of sp³-hybridized carbons (Fsp3) is 0.286. The third-order valence-corrected chi connectivity index (χ3v) is 8.09. The number of hydrogen-bond acceptors (Lipinski definition) is 7. The third kappa shape index (κ3) is 7.60. The molecule has 1 aliphatic carbocycles. The summed E-state index contributed by atoms with van der Waals surface area (Å²) in [6, 6.07) is 9.59. The largest absolute Gasteiger partial charge is 0.404 e. The second kappa shape index (κ2) is 14.6. The molecule has 242 valence electrons. The first-order chi connectivity index (χ1) is 22.7. The number of benzodiazepines with no additional fused rings is 1. The van der Waals surface area contributed by atoms with Crippen LogP contribution < -0.4 is 16.4 Å². The topological polar surface area (TPSA) is 158 Å². The van der Waals surface area contributed by atoms with E-state index in [-0.39, 0.29) is 30.8 Å². The van der Waals surface area contributed by atoms with Crippen molar-refractivity contribution in [3.05, 3.63) is 102 Å². The summed E-state index contributed by atoms with van der Waals surface area (Å²) in [5, 5.41) is 5.94. The van der Waals surface area contributed by atoms with E-state index in [9.17, 15) is 14.4 Å². The molecule has 3 heterocycles. The number of aliphatic imine (C=N–C) groups is 3. The number of nitrogens with two attached hydrogens (primary N) is 1. The molecule has 12 nitrogen and oxygen atoms in total. The second-order valence-corrected chi connectivity index (χ2v) is 11.5. The number of pyridine rings is 1. The van der Waals surface area contributed by atoms with Gasteiger partial charge in [-0.05, 0) is 63.0 Å². The molecule has 4 N–H and O–H groups in total. The Kier molecular flexibility index (Phi) is 10.2. The number of likely N-dealkylation sites (N-methyl/N-ethyl adjacent to an activating group) is 1. The molecular formula is C35H39N9O3. The number of carbonyl (C=O) groups excluding carboxylic acids is 3. The van der Waals surface area contributed by atoms with E-state index in [4.69, 9.17) is 10.7 Å². The van der Waals surface area contributed by atoms with Crippen LogP contribution in [-0.4, -0.2) is 76.2 Å². The number of benzene rings is 1. The number of rotatable bonds is 9. The number of amidine groups is 1. The minimum absolute atomic E-state index is 0.120. The van der Waals surface area contributed by atoms with E-state index < -0.39 is 12.1 Å². The molecule has 1 aromatic heterocycles. The number of nitrogens with zero attached hydrogens (tertiary/aromatic N) is 6. The molecule has 3 aliphatic rings. The Morgan fingerprint density at radius 2 is 2.02 bits per heavy atom. The molecule has 0 saturated carbocycles. The van der Waals surface area contributed by atoms with Crippen molar-refractivity contribution in [1.82, 2.24) is 20.1 Å². The van der Waals surface area contributed by atoms with Crippen LogP contribution in [0.25, 0.3) is 0 Å². The predicted octanol–water partition coefficient (Wildman–Crippen LogP) is 4.54. The highest BCUT2D eigenvalue weighted by molar-refractivity contribution is 6.13. The predicted molar refractivity (Wildman–Crippen MR) is 185 cm³/mol. The van der Waals surface area contributed by atoms with Crippen molar-refractivity contribution < 1.29 is 14.4 Å². The summed E-state index contributed by atoms with van der Waals surface area (Å²) >= 11 is 0. The van der Waals surface area contributed by atoms with Crippen LogP contribution in [0.1, 0.15) is 43.9 Å². The molecule has 0 radical (unpaired) electrons. The van der Waals surface area contributed by atoms with Gasteiger partial charge in [0.2, 0.25) is 11.8 Å². The molecule has 12 heteroatoms. The van der Waals surface area contributed by atoms with Crippen LogP contribution >= 0.6 is 0 Å². The van der Waals surface area contributed by atoms with Gasteiger partial charge in [-0.2, -0.15) is 0 Å². The SMILES string of the molecule is C=CCCC1=N[C@@H](CC(=O)NC2C=C(N3CC(=CN)C(=NC=Nc4ccc(C)nc4)N(C)C3=O)C(C)=CC2)C(=O)Nc2ccccc21. The molecular weight excluding hydrogens is 594 g/mol. The molecule has 2 atom stereocenters. The van der Waals surface area contributed by atoms with Crippen LogP contribution in [0.4, 0.5) is 16.2 Å². The normalized spacial score (nSPS) is 21.6. The number of carbonyl (C=O) groups is 3. The minimum atomic E-state index is -0.885. The van der Waals surface area contributed by atoms with Gasteiger partial charge in [0, 0.05) is 47.2 Å². The maximum atomic E-state index is 13.6. The monoisotopic (exact) mass is 633 g/mol. The summed E-state index contributed by atoms with van der Waals surface area (Å²) in [4.78, 5) is 60.7. The average molecular weight is 634 g/mol. The first-order valence-corrected chi connectivity index (χ1v) is 15.4. The Hall–Kier alpha value is -5.65. The minimum Gasteiger partial charge on any atom is -0.404 e. The number of fused-ring (bicyclic) bond motifs is 1. The van der Waals surface area contributed by atoms with Gasteiger partial charge in [-0.3, -0.25) is 29.4 Å². The molecule has 47 heavy (non-hydrogen) atoms. The molecule has 1 saturated heterocycles. The average Bonchev–Trinajstić information content (AvgIpc) is 3.19. The maximum Gasteiger partial charge on any atom is 0.330 e. The van der Waals surface area contributed by atoms with Crippen molar-refractivity contribution in [2.24, 2.45) is 20.7 Å². The Morgan fingerprint density at radius 1 is 1.21 bits per heavy atom. The molecule has 2 aromatic rings. The summed E-state index contributed by atoms with van der Waals surface area (Å²) < 4.78 is 0. The lowest BCUT2D eigenvalue weighted by molar-refractivity contribution is -0.125. The molecule has 1 aromatic carbocycles.